The molecule has 1 saturated heterocycles. The summed E-state index contributed by atoms with van der Waals surface area (Å²) in [6, 6.07) is 5.52. The number of likely N-dealkylation sites (tertiary alicyclic amines) is 1. The maximum atomic E-state index is 12.3. The fourth-order valence-corrected chi connectivity index (χ4v) is 3.63. The highest BCUT2D eigenvalue weighted by Crippen LogP contribution is 2.34. The lowest BCUT2D eigenvalue weighted by molar-refractivity contribution is -0.130. The molecule has 1 fully saturated rings. The summed E-state index contributed by atoms with van der Waals surface area (Å²) in [6.45, 7) is 6.45. The molecule has 2 heterocycles. The first-order chi connectivity index (χ1) is 12.9. The number of esters is 1. The van der Waals surface area contributed by atoms with Crippen molar-refractivity contribution in [1.29, 1.82) is 0 Å². The minimum Gasteiger partial charge on any atom is -0.491 e. The normalized spacial score (nSPS) is 16.6. The average molecular weight is 371 g/mol. The van der Waals surface area contributed by atoms with Gasteiger partial charge in [0, 0.05) is 13.5 Å². The van der Waals surface area contributed by atoms with Gasteiger partial charge in [0.05, 0.1) is 34.9 Å². The van der Waals surface area contributed by atoms with Crippen LogP contribution in [0, 0.1) is 6.92 Å². The van der Waals surface area contributed by atoms with Gasteiger partial charge in [-0.2, -0.15) is 0 Å². The predicted octanol–water partition coefficient (Wildman–Crippen LogP) is 2.69. The molecule has 1 aromatic heterocycles. The first-order valence-corrected chi connectivity index (χ1v) is 9.20. The van der Waals surface area contributed by atoms with Crippen LogP contribution in [0.1, 0.15) is 42.7 Å². The smallest absolute Gasteiger partial charge is 0.342 e. The zero-order valence-corrected chi connectivity index (χ0v) is 15.9. The van der Waals surface area contributed by atoms with Crippen molar-refractivity contribution >= 4 is 28.5 Å². The van der Waals surface area contributed by atoms with Crippen LogP contribution in [0.4, 0.5) is 5.69 Å². The van der Waals surface area contributed by atoms with Gasteiger partial charge in [-0.3, -0.25) is 9.78 Å². The number of aryl methyl sites for hydroxylation is 1. The second-order valence-electron chi connectivity index (χ2n) is 6.68. The van der Waals surface area contributed by atoms with E-state index in [0.29, 0.717) is 34.6 Å². The number of carbonyl (C=O) groups excluding carboxylic acids is 2. The number of amides is 1. The van der Waals surface area contributed by atoms with E-state index in [-0.39, 0.29) is 24.1 Å². The molecule has 0 spiro atoms. The van der Waals surface area contributed by atoms with Gasteiger partial charge in [-0.15, -0.1) is 0 Å². The summed E-state index contributed by atoms with van der Waals surface area (Å²) in [4.78, 5) is 30.4. The molecule has 1 aliphatic rings. The number of hydrogen-bond donors (Lipinski definition) is 1. The fourth-order valence-electron chi connectivity index (χ4n) is 3.63. The number of aromatic nitrogens is 1. The minimum absolute atomic E-state index is 0.0434. The molecule has 1 aliphatic heterocycles. The lowest BCUT2D eigenvalue weighted by Gasteiger charge is -2.24. The SMILES string of the molecule is CCOC(=O)c1c(C)nc2cccc(OCC3CCCN3C(C)=O)c2c1N. The van der Waals surface area contributed by atoms with E-state index in [1.807, 2.05) is 17.0 Å². The minimum atomic E-state index is -0.491. The molecule has 0 bridgehead atoms. The second-order valence-corrected chi connectivity index (χ2v) is 6.68. The zero-order chi connectivity index (χ0) is 19.6. The number of rotatable bonds is 5. The Kier molecular flexibility index (Phi) is 5.48. The number of nitrogen functional groups attached to an aromatic ring is 1. The predicted molar refractivity (Wildman–Crippen MR) is 103 cm³/mol. The van der Waals surface area contributed by atoms with Crippen molar-refractivity contribution in [2.24, 2.45) is 0 Å². The first-order valence-electron chi connectivity index (χ1n) is 9.20. The molecule has 1 amide bonds. The fraction of sp³-hybridized carbons (Fsp3) is 0.450. The number of fused-ring (bicyclic) bond motifs is 1. The maximum Gasteiger partial charge on any atom is 0.342 e. The van der Waals surface area contributed by atoms with Crippen LogP contribution in [-0.4, -0.2) is 47.6 Å². The van der Waals surface area contributed by atoms with Crippen LogP contribution in [0.25, 0.3) is 10.9 Å². The van der Waals surface area contributed by atoms with E-state index in [0.717, 1.165) is 19.4 Å². The molecular formula is C20H25N3O4. The van der Waals surface area contributed by atoms with E-state index in [2.05, 4.69) is 4.98 Å². The Labute approximate surface area is 158 Å². The number of nitrogens with zero attached hydrogens (tertiary/aromatic N) is 2. The molecular weight excluding hydrogens is 346 g/mol. The number of benzene rings is 1. The third-order valence-corrected chi connectivity index (χ3v) is 4.89. The molecule has 3 rings (SSSR count). The van der Waals surface area contributed by atoms with Crippen molar-refractivity contribution in [3.8, 4) is 5.75 Å². The summed E-state index contributed by atoms with van der Waals surface area (Å²) in [5, 5.41) is 0.596. The van der Waals surface area contributed by atoms with E-state index in [9.17, 15) is 9.59 Å². The molecule has 1 unspecified atom stereocenters. The summed E-state index contributed by atoms with van der Waals surface area (Å²) in [6.07, 6.45) is 1.88. The highest BCUT2D eigenvalue weighted by molar-refractivity contribution is 6.07. The number of anilines is 1. The van der Waals surface area contributed by atoms with E-state index < -0.39 is 5.97 Å². The molecule has 0 aliphatic carbocycles. The monoisotopic (exact) mass is 371 g/mol. The van der Waals surface area contributed by atoms with Crippen molar-refractivity contribution in [2.45, 2.75) is 39.7 Å². The van der Waals surface area contributed by atoms with Crippen LogP contribution < -0.4 is 10.5 Å². The van der Waals surface area contributed by atoms with Gasteiger partial charge in [0.2, 0.25) is 5.91 Å². The maximum absolute atomic E-state index is 12.3. The Balaban J connectivity index is 1.95. The molecule has 0 radical (unpaired) electrons. The van der Waals surface area contributed by atoms with Gasteiger partial charge >= 0.3 is 5.97 Å². The van der Waals surface area contributed by atoms with Crippen molar-refractivity contribution in [1.82, 2.24) is 9.88 Å². The van der Waals surface area contributed by atoms with E-state index in [1.54, 1.807) is 26.8 Å². The molecule has 7 nitrogen and oxygen atoms in total. The Morgan fingerprint density at radius 3 is 2.85 bits per heavy atom. The van der Waals surface area contributed by atoms with Gasteiger partial charge in [-0.05, 0) is 38.8 Å². The molecule has 7 heteroatoms. The van der Waals surface area contributed by atoms with Crippen LogP contribution in [0.3, 0.4) is 0 Å². The quantitative estimate of drug-likeness (QED) is 0.812. The van der Waals surface area contributed by atoms with Crippen molar-refractivity contribution in [3.63, 3.8) is 0 Å². The summed E-state index contributed by atoms with van der Waals surface area (Å²) in [7, 11) is 0. The number of nitrogens with two attached hydrogens (primary N) is 1. The standard InChI is InChI=1S/C20H25N3O4/c1-4-26-20(25)17-12(2)22-15-8-5-9-16(18(15)19(17)21)27-11-14-7-6-10-23(14)13(3)24/h5,8-9,14H,4,6-7,10-11H2,1-3H3,(H2,21,22). The Hall–Kier alpha value is -2.83. The number of ether oxygens (including phenoxy) is 2. The Morgan fingerprint density at radius 2 is 2.15 bits per heavy atom. The number of pyridine rings is 1. The van der Waals surface area contributed by atoms with Crippen LogP contribution in [-0.2, 0) is 9.53 Å². The molecule has 27 heavy (non-hydrogen) atoms. The van der Waals surface area contributed by atoms with Gasteiger partial charge in [0.25, 0.3) is 0 Å². The molecule has 2 N–H and O–H groups in total. The molecule has 144 valence electrons. The molecule has 1 atom stereocenters. The molecule has 2 aromatic rings. The summed E-state index contributed by atoms with van der Waals surface area (Å²) >= 11 is 0. The van der Waals surface area contributed by atoms with Crippen LogP contribution >= 0.6 is 0 Å². The van der Waals surface area contributed by atoms with Crippen LogP contribution in [0.15, 0.2) is 18.2 Å². The number of carbonyl (C=O) groups is 2. The van der Waals surface area contributed by atoms with E-state index in [1.165, 1.54) is 0 Å². The Bertz CT molecular complexity index is 881. The summed E-state index contributed by atoms with van der Waals surface area (Å²) in [5.74, 6) is 0.120. The third-order valence-electron chi connectivity index (χ3n) is 4.89. The first kappa shape index (κ1) is 18.9. The van der Waals surface area contributed by atoms with Crippen molar-refractivity contribution < 1.29 is 19.1 Å². The van der Waals surface area contributed by atoms with E-state index in [4.69, 9.17) is 15.2 Å². The van der Waals surface area contributed by atoms with Gasteiger partial charge < -0.3 is 20.1 Å². The highest BCUT2D eigenvalue weighted by Gasteiger charge is 2.27. The van der Waals surface area contributed by atoms with Crippen LogP contribution in [0.5, 0.6) is 5.75 Å². The lowest BCUT2D eigenvalue weighted by Crippen LogP contribution is -2.37. The third kappa shape index (κ3) is 3.67. The summed E-state index contributed by atoms with van der Waals surface area (Å²) in [5.41, 5.74) is 8.08. The highest BCUT2D eigenvalue weighted by atomic mass is 16.5. The molecule has 1 aromatic carbocycles. The van der Waals surface area contributed by atoms with Gasteiger partial charge in [-0.1, -0.05) is 6.07 Å². The number of hydrogen-bond acceptors (Lipinski definition) is 6. The van der Waals surface area contributed by atoms with Crippen molar-refractivity contribution in [3.05, 3.63) is 29.5 Å². The van der Waals surface area contributed by atoms with E-state index >= 15 is 0 Å². The summed E-state index contributed by atoms with van der Waals surface area (Å²) < 4.78 is 11.1. The zero-order valence-electron chi connectivity index (χ0n) is 15.9. The van der Waals surface area contributed by atoms with Crippen molar-refractivity contribution in [2.75, 3.05) is 25.5 Å². The van der Waals surface area contributed by atoms with Gasteiger partial charge in [0.1, 0.15) is 17.9 Å². The largest absolute Gasteiger partial charge is 0.491 e. The van der Waals surface area contributed by atoms with Gasteiger partial charge in [-0.25, -0.2) is 4.79 Å². The lowest BCUT2D eigenvalue weighted by atomic mass is 10.1. The van der Waals surface area contributed by atoms with Gasteiger partial charge in [0.15, 0.2) is 0 Å². The van der Waals surface area contributed by atoms with Crippen LogP contribution in [0.2, 0.25) is 0 Å². The Morgan fingerprint density at radius 1 is 1.37 bits per heavy atom. The molecule has 0 saturated carbocycles. The average Bonchev–Trinajstić information content (AvgIpc) is 3.08. The second kappa shape index (κ2) is 7.82. The topological polar surface area (TPSA) is 94.8 Å².